The van der Waals surface area contributed by atoms with Crippen molar-refractivity contribution in [2.45, 2.75) is 26.5 Å². The third kappa shape index (κ3) is 4.37. The van der Waals surface area contributed by atoms with E-state index in [0.29, 0.717) is 30.3 Å². The summed E-state index contributed by atoms with van der Waals surface area (Å²) in [7, 11) is 1.51. The molecule has 0 spiro atoms. The molecule has 7 heteroatoms. The van der Waals surface area contributed by atoms with E-state index >= 15 is 0 Å². The highest BCUT2D eigenvalue weighted by atomic mass is 16.5. The Balaban J connectivity index is 1.81. The van der Waals surface area contributed by atoms with Crippen molar-refractivity contribution in [3.63, 3.8) is 0 Å². The number of hydrogen-bond acceptors (Lipinski definition) is 5. The first-order valence-electron chi connectivity index (χ1n) is 9.04. The molecule has 2 heterocycles. The molecular weight excluding hydrogens is 358 g/mol. The van der Waals surface area contributed by atoms with Gasteiger partial charge in [-0.3, -0.25) is 9.59 Å². The number of Topliss-reactive ketones (excluding diaryl/α,β-unsaturated/α-hetero) is 1. The van der Waals surface area contributed by atoms with Crippen LogP contribution < -0.4 is 10.1 Å². The van der Waals surface area contributed by atoms with Gasteiger partial charge in [-0.05, 0) is 26.0 Å². The highest BCUT2D eigenvalue weighted by Crippen LogP contribution is 2.22. The average molecular weight is 381 g/mol. The molecule has 0 aliphatic rings. The molecule has 0 unspecified atom stereocenters. The van der Waals surface area contributed by atoms with E-state index in [2.05, 4.69) is 10.3 Å². The molecule has 0 bridgehead atoms. The first-order chi connectivity index (χ1) is 13.5. The highest BCUT2D eigenvalue weighted by Gasteiger charge is 2.21. The van der Waals surface area contributed by atoms with Crippen LogP contribution in [0.1, 0.15) is 24.2 Å². The van der Waals surface area contributed by atoms with Crippen molar-refractivity contribution in [1.29, 1.82) is 0 Å². The van der Waals surface area contributed by atoms with E-state index in [-0.39, 0.29) is 6.10 Å². The molecular formula is C21H23N3O4. The summed E-state index contributed by atoms with van der Waals surface area (Å²) in [6.45, 7) is 5.06. The van der Waals surface area contributed by atoms with E-state index < -0.39 is 11.7 Å². The largest absolute Gasteiger partial charge is 0.481 e. The van der Waals surface area contributed by atoms with Gasteiger partial charge in [-0.2, -0.15) is 0 Å². The molecule has 1 N–H and O–H groups in total. The summed E-state index contributed by atoms with van der Waals surface area (Å²) in [6, 6.07) is 10.8. The Hall–Kier alpha value is -3.19. The van der Waals surface area contributed by atoms with E-state index in [4.69, 9.17) is 9.47 Å². The zero-order chi connectivity index (χ0) is 20.1. The lowest BCUT2D eigenvalue weighted by Crippen LogP contribution is -2.22. The van der Waals surface area contributed by atoms with Crippen LogP contribution >= 0.6 is 0 Å². The average Bonchev–Trinajstić information content (AvgIpc) is 3.06. The number of anilines is 1. The van der Waals surface area contributed by atoms with Crippen molar-refractivity contribution in [3.8, 4) is 5.88 Å². The second-order valence-electron chi connectivity index (χ2n) is 6.55. The minimum atomic E-state index is -0.715. The van der Waals surface area contributed by atoms with E-state index in [1.54, 1.807) is 18.3 Å². The fraction of sp³-hybridized carbons (Fsp3) is 0.286. The number of rotatable bonds is 8. The maximum Gasteiger partial charge on any atom is 0.296 e. The highest BCUT2D eigenvalue weighted by molar-refractivity contribution is 6.48. The molecule has 0 aliphatic heterocycles. The van der Waals surface area contributed by atoms with Crippen molar-refractivity contribution in [1.82, 2.24) is 9.55 Å². The molecule has 3 aromatic rings. The molecule has 28 heavy (non-hydrogen) atoms. The van der Waals surface area contributed by atoms with Gasteiger partial charge in [0.1, 0.15) is 0 Å². The van der Waals surface area contributed by atoms with Gasteiger partial charge in [0, 0.05) is 29.7 Å². The molecule has 1 aromatic carbocycles. The van der Waals surface area contributed by atoms with Gasteiger partial charge in [0.2, 0.25) is 5.88 Å². The zero-order valence-electron chi connectivity index (χ0n) is 16.1. The van der Waals surface area contributed by atoms with Crippen LogP contribution in [0.15, 0.2) is 48.8 Å². The molecule has 7 nitrogen and oxygen atoms in total. The van der Waals surface area contributed by atoms with Gasteiger partial charge in [-0.15, -0.1) is 0 Å². The summed E-state index contributed by atoms with van der Waals surface area (Å²) in [4.78, 5) is 29.3. The number of para-hydroxylation sites is 1. The quantitative estimate of drug-likeness (QED) is 0.478. The summed E-state index contributed by atoms with van der Waals surface area (Å²) < 4.78 is 12.5. The van der Waals surface area contributed by atoms with Gasteiger partial charge in [0.05, 0.1) is 37.3 Å². The van der Waals surface area contributed by atoms with Crippen molar-refractivity contribution in [2.24, 2.45) is 0 Å². The minimum Gasteiger partial charge on any atom is -0.481 e. The lowest BCUT2D eigenvalue weighted by atomic mass is 10.1. The van der Waals surface area contributed by atoms with E-state index in [1.807, 2.05) is 42.7 Å². The lowest BCUT2D eigenvalue weighted by molar-refractivity contribution is -0.112. The van der Waals surface area contributed by atoms with Crippen molar-refractivity contribution >= 4 is 28.3 Å². The number of ketones is 1. The first-order valence-corrected chi connectivity index (χ1v) is 9.04. The molecule has 1 amide bonds. The Bertz CT molecular complexity index is 977. The minimum absolute atomic E-state index is 0.131. The number of methoxy groups -OCH3 is 1. The first kappa shape index (κ1) is 19.6. The van der Waals surface area contributed by atoms with E-state index in [1.165, 1.54) is 13.3 Å². The third-order valence-electron chi connectivity index (χ3n) is 4.23. The van der Waals surface area contributed by atoms with Crippen LogP contribution in [0.5, 0.6) is 5.88 Å². The van der Waals surface area contributed by atoms with Crippen LogP contribution in [0.25, 0.3) is 10.9 Å². The fourth-order valence-electron chi connectivity index (χ4n) is 2.88. The number of carbonyl (C=O) groups excluding carboxylic acids is 2. The molecule has 146 valence electrons. The Labute approximate surface area is 163 Å². The van der Waals surface area contributed by atoms with Gasteiger partial charge in [-0.25, -0.2) is 4.98 Å². The third-order valence-corrected chi connectivity index (χ3v) is 4.23. The van der Waals surface area contributed by atoms with Crippen LogP contribution in [0.2, 0.25) is 0 Å². The van der Waals surface area contributed by atoms with Gasteiger partial charge >= 0.3 is 0 Å². The normalized spacial score (nSPS) is 11.0. The van der Waals surface area contributed by atoms with E-state index in [9.17, 15) is 9.59 Å². The molecule has 0 radical (unpaired) electrons. The number of pyridine rings is 1. The van der Waals surface area contributed by atoms with Crippen LogP contribution in [0.3, 0.4) is 0 Å². The number of nitrogens with one attached hydrogen (secondary N) is 1. The van der Waals surface area contributed by atoms with Gasteiger partial charge < -0.3 is 19.4 Å². The second kappa shape index (κ2) is 8.67. The van der Waals surface area contributed by atoms with E-state index in [0.717, 1.165) is 10.9 Å². The Morgan fingerprint density at radius 3 is 2.64 bits per heavy atom. The topological polar surface area (TPSA) is 82.5 Å². The fourth-order valence-corrected chi connectivity index (χ4v) is 2.88. The maximum atomic E-state index is 12.8. The molecule has 0 fully saturated rings. The Kier molecular flexibility index (Phi) is 6.06. The van der Waals surface area contributed by atoms with Gasteiger partial charge in [0.25, 0.3) is 11.7 Å². The standard InChI is InChI=1S/C21H23N3O4/c1-14(2)28-11-10-24-13-17(16-6-4-5-7-18(16)24)20(25)21(26)23-15-8-9-19(27-3)22-12-15/h4-9,12-14H,10-11H2,1-3H3,(H,23,26). The molecule has 0 atom stereocenters. The molecule has 2 aromatic heterocycles. The SMILES string of the molecule is COc1ccc(NC(=O)C(=O)c2cn(CCOC(C)C)c3ccccc23)cn1. The molecule has 0 saturated heterocycles. The van der Waals surface area contributed by atoms with Crippen LogP contribution in [-0.4, -0.2) is 41.1 Å². The van der Waals surface area contributed by atoms with Crippen LogP contribution in [-0.2, 0) is 16.1 Å². The zero-order valence-corrected chi connectivity index (χ0v) is 16.1. The van der Waals surface area contributed by atoms with Crippen molar-refractivity contribution in [3.05, 3.63) is 54.4 Å². The number of aromatic nitrogens is 2. The number of benzene rings is 1. The summed E-state index contributed by atoms with van der Waals surface area (Å²) in [5.41, 5.74) is 1.67. The number of fused-ring (bicyclic) bond motifs is 1. The lowest BCUT2D eigenvalue weighted by Gasteiger charge is -2.09. The smallest absolute Gasteiger partial charge is 0.296 e. The number of nitrogens with zero attached hydrogens (tertiary/aromatic N) is 2. The van der Waals surface area contributed by atoms with Crippen molar-refractivity contribution in [2.75, 3.05) is 19.0 Å². The predicted octanol–water partition coefficient (Wildman–Crippen LogP) is 3.29. The summed E-state index contributed by atoms with van der Waals surface area (Å²) in [6.07, 6.45) is 3.28. The summed E-state index contributed by atoms with van der Waals surface area (Å²) in [5, 5.41) is 3.32. The van der Waals surface area contributed by atoms with Gasteiger partial charge in [-0.1, -0.05) is 18.2 Å². The molecule has 0 saturated carbocycles. The monoisotopic (exact) mass is 381 g/mol. The maximum absolute atomic E-state index is 12.8. The second-order valence-corrected chi connectivity index (χ2v) is 6.55. The number of ether oxygens (including phenoxy) is 2. The number of hydrogen-bond donors (Lipinski definition) is 1. The van der Waals surface area contributed by atoms with Crippen LogP contribution in [0, 0.1) is 0 Å². The van der Waals surface area contributed by atoms with Gasteiger partial charge in [0.15, 0.2) is 0 Å². The summed E-state index contributed by atoms with van der Waals surface area (Å²) >= 11 is 0. The Morgan fingerprint density at radius 1 is 1.18 bits per heavy atom. The van der Waals surface area contributed by atoms with Crippen molar-refractivity contribution < 1.29 is 19.1 Å². The number of amides is 1. The predicted molar refractivity (Wildman–Crippen MR) is 107 cm³/mol. The molecule has 3 rings (SSSR count). The Morgan fingerprint density at radius 2 is 1.96 bits per heavy atom. The summed E-state index contributed by atoms with van der Waals surface area (Å²) in [5.74, 6) is -0.889. The van der Waals surface area contributed by atoms with Crippen LogP contribution in [0.4, 0.5) is 5.69 Å². The number of carbonyl (C=O) groups is 2. The molecule has 0 aliphatic carbocycles.